The zero-order chi connectivity index (χ0) is 29.6. The number of anilines is 1. The molecule has 1 fully saturated rings. The van der Waals surface area contributed by atoms with E-state index in [9.17, 15) is 14.7 Å². The van der Waals surface area contributed by atoms with E-state index in [1.807, 2.05) is 30.3 Å². The third-order valence-electron chi connectivity index (χ3n) is 8.56. The molecule has 0 bridgehead atoms. The molecule has 1 amide bonds. The number of imidazole rings is 1. The van der Waals surface area contributed by atoms with Crippen LogP contribution in [0, 0.1) is 18.8 Å². The molecule has 3 aromatic carbocycles. The number of fused-ring (bicyclic) bond motifs is 1. The summed E-state index contributed by atoms with van der Waals surface area (Å²) in [6.07, 6.45) is 9.01. The van der Waals surface area contributed by atoms with Crippen LogP contribution in [0.5, 0.6) is 0 Å². The number of amides is 1. The molecule has 1 aliphatic carbocycles. The molecule has 2 N–H and O–H groups in total. The fourth-order valence-electron chi connectivity index (χ4n) is 6.33. The van der Waals surface area contributed by atoms with Gasteiger partial charge >= 0.3 is 5.97 Å². The van der Waals surface area contributed by atoms with Crippen molar-refractivity contribution in [1.82, 2.24) is 9.55 Å². The number of aromatic nitrogens is 2. The summed E-state index contributed by atoms with van der Waals surface area (Å²) in [6, 6.07) is 19.2. The van der Waals surface area contributed by atoms with E-state index in [2.05, 4.69) is 54.6 Å². The number of carbonyl (C=O) groups excluding carboxylic acids is 1. The lowest BCUT2D eigenvalue weighted by Crippen LogP contribution is -2.27. The molecule has 42 heavy (non-hydrogen) atoms. The number of carbonyl (C=O) groups is 2. The molecule has 1 aromatic heterocycles. The normalized spacial score (nSPS) is 14.6. The maximum atomic E-state index is 13.3. The van der Waals surface area contributed by atoms with Crippen LogP contribution in [0.3, 0.4) is 0 Å². The molecule has 0 aliphatic heterocycles. The lowest BCUT2D eigenvalue weighted by molar-refractivity contribution is -0.119. The first-order valence-electron chi connectivity index (χ1n) is 15.2. The number of aryl methyl sites for hydroxylation is 2. The van der Waals surface area contributed by atoms with Crippen LogP contribution in [0.15, 0.2) is 60.7 Å². The number of thiol groups is 1. The van der Waals surface area contributed by atoms with Gasteiger partial charge in [-0.3, -0.25) is 4.79 Å². The second-order valence-electron chi connectivity index (χ2n) is 11.7. The molecule has 1 unspecified atom stereocenters. The lowest BCUT2D eigenvalue weighted by Gasteiger charge is -2.25. The third kappa shape index (κ3) is 6.73. The Morgan fingerprint density at radius 2 is 1.81 bits per heavy atom. The summed E-state index contributed by atoms with van der Waals surface area (Å²) in [6.45, 7) is 4.84. The standard InChI is InChI=1S/C35H41N3O3S/c1-3-9-32-37-33-23(2)18-28(36-34(39)27(22-42)19-24-10-5-4-6-11-24)20-31(33)38(32)21-25-14-16-26(17-15-25)29-12-7-8-13-30(29)35(40)41/h7-8,12-18,20,24,27,42H,3-6,9-11,19,21-22H2,1-2H3,(H,36,39)(H,40,41). The van der Waals surface area contributed by atoms with E-state index in [4.69, 9.17) is 4.98 Å². The number of nitrogens with zero attached hydrogens (tertiary/aromatic N) is 2. The smallest absolute Gasteiger partial charge is 0.336 e. The van der Waals surface area contributed by atoms with Crippen molar-refractivity contribution < 1.29 is 14.7 Å². The summed E-state index contributed by atoms with van der Waals surface area (Å²) >= 11 is 4.54. The number of benzene rings is 3. The summed E-state index contributed by atoms with van der Waals surface area (Å²) in [5.41, 5.74) is 6.75. The Morgan fingerprint density at radius 1 is 1.07 bits per heavy atom. The Balaban J connectivity index is 1.41. The highest BCUT2D eigenvalue weighted by molar-refractivity contribution is 7.80. The Morgan fingerprint density at radius 3 is 2.50 bits per heavy atom. The van der Waals surface area contributed by atoms with Crippen molar-refractivity contribution in [2.75, 3.05) is 11.1 Å². The third-order valence-corrected chi connectivity index (χ3v) is 9.00. The van der Waals surface area contributed by atoms with E-state index >= 15 is 0 Å². The summed E-state index contributed by atoms with van der Waals surface area (Å²) < 4.78 is 2.25. The molecule has 0 spiro atoms. The number of carboxylic acid groups (broad SMARTS) is 1. The first-order chi connectivity index (χ1) is 20.4. The summed E-state index contributed by atoms with van der Waals surface area (Å²) in [7, 11) is 0. The quantitative estimate of drug-likeness (QED) is 0.156. The number of carboxylic acids is 1. The first kappa shape index (κ1) is 29.9. The van der Waals surface area contributed by atoms with Gasteiger partial charge in [-0.15, -0.1) is 0 Å². The second-order valence-corrected chi connectivity index (χ2v) is 12.0. The largest absolute Gasteiger partial charge is 0.478 e. The minimum Gasteiger partial charge on any atom is -0.478 e. The van der Waals surface area contributed by atoms with Gasteiger partial charge in [-0.2, -0.15) is 12.6 Å². The highest BCUT2D eigenvalue weighted by Gasteiger charge is 2.24. The van der Waals surface area contributed by atoms with Crippen LogP contribution in [0.25, 0.3) is 22.2 Å². The van der Waals surface area contributed by atoms with Gasteiger partial charge in [0, 0.05) is 30.3 Å². The Labute approximate surface area is 254 Å². The average Bonchev–Trinajstić information content (AvgIpc) is 3.34. The van der Waals surface area contributed by atoms with Gasteiger partial charge < -0.3 is 15.0 Å². The molecule has 4 aromatic rings. The van der Waals surface area contributed by atoms with Gasteiger partial charge in [0.1, 0.15) is 5.82 Å². The van der Waals surface area contributed by atoms with Gasteiger partial charge in [0.15, 0.2) is 0 Å². The minimum atomic E-state index is -0.934. The van der Waals surface area contributed by atoms with Crippen molar-refractivity contribution in [3.05, 3.63) is 83.2 Å². The highest BCUT2D eigenvalue weighted by Crippen LogP contribution is 2.31. The molecule has 1 saturated carbocycles. The summed E-state index contributed by atoms with van der Waals surface area (Å²) in [4.78, 5) is 30.1. The van der Waals surface area contributed by atoms with E-state index in [0.717, 1.165) is 58.5 Å². The number of rotatable bonds is 11. The van der Waals surface area contributed by atoms with Crippen LogP contribution in [0.2, 0.25) is 0 Å². The Bertz CT molecular complexity index is 1550. The summed E-state index contributed by atoms with van der Waals surface area (Å²) in [5.74, 6) is 1.20. The van der Waals surface area contributed by atoms with Crippen molar-refractivity contribution in [2.24, 2.45) is 11.8 Å². The van der Waals surface area contributed by atoms with E-state index in [1.165, 1.54) is 32.1 Å². The van der Waals surface area contributed by atoms with Crippen molar-refractivity contribution in [3.63, 3.8) is 0 Å². The SMILES string of the molecule is CCCc1nc2c(C)cc(NC(=O)C(CS)CC3CCCCC3)cc2n1Cc1ccc(-c2ccccc2C(=O)O)cc1. The van der Waals surface area contributed by atoms with Crippen molar-refractivity contribution in [2.45, 2.75) is 71.8 Å². The molecule has 1 atom stereocenters. The van der Waals surface area contributed by atoms with Gasteiger partial charge in [-0.25, -0.2) is 9.78 Å². The molecule has 0 radical (unpaired) electrons. The number of hydrogen-bond donors (Lipinski definition) is 3. The van der Waals surface area contributed by atoms with Crippen LogP contribution < -0.4 is 5.32 Å². The topological polar surface area (TPSA) is 84.2 Å². The molecule has 1 aliphatic rings. The first-order valence-corrected chi connectivity index (χ1v) is 15.8. The van der Waals surface area contributed by atoms with E-state index in [1.54, 1.807) is 12.1 Å². The van der Waals surface area contributed by atoms with Gasteiger partial charge in [0.25, 0.3) is 0 Å². The zero-order valence-corrected chi connectivity index (χ0v) is 25.5. The van der Waals surface area contributed by atoms with Crippen molar-refractivity contribution in [1.29, 1.82) is 0 Å². The molecular weight excluding hydrogens is 542 g/mol. The number of nitrogens with one attached hydrogen (secondary N) is 1. The van der Waals surface area contributed by atoms with Crippen molar-refractivity contribution >= 4 is 41.2 Å². The lowest BCUT2D eigenvalue weighted by atomic mass is 9.83. The molecule has 7 heteroatoms. The average molecular weight is 584 g/mol. The van der Waals surface area contributed by atoms with Gasteiger partial charge in [0.05, 0.1) is 16.6 Å². The molecule has 0 saturated heterocycles. The van der Waals surface area contributed by atoms with Gasteiger partial charge in [-0.1, -0.05) is 81.5 Å². The molecule has 220 valence electrons. The number of hydrogen-bond acceptors (Lipinski definition) is 4. The minimum absolute atomic E-state index is 0.0476. The van der Waals surface area contributed by atoms with Crippen LogP contribution in [-0.4, -0.2) is 32.3 Å². The summed E-state index contributed by atoms with van der Waals surface area (Å²) in [5, 5.41) is 12.8. The maximum Gasteiger partial charge on any atom is 0.336 e. The van der Waals surface area contributed by atoms with Crippen molar-refractivity contribution in [3.8, 4) is 11.1 Å². The molecule has 5 rings (SSSR count). The zero-order valence-electron chi connectivity index (χ0n) is 24.6. The second kappa shape index (κ2) is 13.6. The fourth-order valence-corrected chi connectivity index (χ4v) is 6.65. The van der Waals surface area contributed by atoms with E-state index in [0.29, 0.717) is 29.3 Å². The maximum absolute atomic E-state index is 13.3. The van der Waals surface area contributed by atoms with Crippen LogP contribution in [0.4, 0.5) is 5.69 Å². The number of aromatic carboxylic acids is 1. The molecule has 1 heterocycles. The Kier molecular flexibility index (Phi) is 9.68. The predicted octanol–water partition coefficient (Wildman–Crippen LogP) is 8.17. The molecule has 6 nitrogen and oxygen atoms in total. The fraction of sp³-hybridized carbons (Fsp3) is 0.400. The monoisotopic (exact) mass is 583 g/mol. The molecular formula is C35H41N3O3S. The van der Waals surface area contributed by atoms with Crippen LogP contribution in [-0.2, 0) is 17.8 Å². The van der Waals surface area contributed by atoms with Gasteiger partial charge in [-0.05, 0) is 66.1 Å². The highest BCUT2D eigenvalue weighted by atomic mass is 32.1. The Hall–Kier alpha value is -3.58. The van der Waals surface area contributed by atoms with E-state index < -0.39 is 5.97 Å². The predicted molar refractivity (Wildman–Crippen MR) is 174 cm³/mol. The van der Waals surface area contributed by atoms with Gasteiger partial charge in [0.2, 0.25) is 5.91 Å². The van der Waals surface area contributed by atoms with E-state index in [-0.39, 0.29) is 11.8 Å². The van der Waals surface area contributed by atoms with Crippen LogP contribution in [0.1, 0.15) is 79.2 Å². The van der Waals surface area contributed by atoms with Crippen LogP contribution >= 0.6 is 12.6 Å².